The van der Waals surface area contributed by atoms with Crippen molar-refractivity contribution in [2.75, 3.05) is 11.4 Å². The third kappa shape index (κ3) is 3.68. The minimum Gasteiger partial charge on any atom is -0.324 e. The Morgan fingerprint density at radius 2 is 1.91 bits per heavy atom. The van der Waals surface area contributed by atoms with Crippen LogP contribution in [-0.2, 0) is 12.0 Å². The first-order chi connectivity index (χ1) is 15.6. The fourth-order valence-electron chi connectivity index (χ4n) is 4.45. The van der Waals surface area contributed by atoms with E-state index in [9.17, 15) is 9.18 Å². The summed E-state index contributed by atoms with van der Waals surface area (Å²) in [6.07, 6.45) is 7.20. The molecule has 2 aromatic heterocycles. The second kappa shape index (κ2) is 7.38. The molecule has 0 N–H and O–H groups in total. The number of halogens is 2. The van der Waals surface area contributed by atoms with Crippen molar-refractivity contribution >= 4 is 22.4 Å². The summed E-state index contributed by atoms with van der Waals surface area (Å²) < 4.78 is 31.0. The predicted octanol–water partition coefficient (Wildman–Crippen LogP) is 5.06. The summed E-state index contributed by atoms with van der Waals surface area (Å²) in [5.74, 6) is 4.77. The summed E-state index contributed by atoms with van der Waals surface area (Å²) in [6, 6.07) is 2.51. The van der Waals surface area contributed by atoms with E-state index in [1.54, 1.807) is 17.3 Å². The molecule has 1 aliphatic carbocycles. The van der Waals surface area contributed by atoms with Gasteiger partial charge < -0.3 is 4.90 Å². The van der Waals surface area contributed by atoms with E-state index in [1.807, 2.05) is 20.8 Å². The summed E-state index contributed by atoms with van der Waals surface area (Å²) in [5.41, 5.74) is 1.80. The molecule has 3 heterocycles. The molecule has 5 nitrogen and oxygen atoms in total. The van der Waals surface area contributed by atoms with Gasteiger partial charge >= 0.3 is 5.69 Å². The molecule has 0 unspecified atom stereocenters. The van der Waals surface area contributed by atoms with Gasteiger partial charge in [0.05, 0.1) is 22.8 Å². The molecule has 1 fully saturated rings. The number of pyridine rings is 1. The van der Waals surface area contributed by atoms with Gasteiger partial charge in [-0.1, -0.05) is 11.8 Å². The van der Waals surface area contributed by atoms with E-state index in [0.29, 0.717) is 12.1 Å². The molecular weight excluding hydrogens is 422 g/mol. The van der Waals surface area contributed by atoms with E-state index in [1.165, 1.54) is 10.6 Å². The van der Waals surface area contributed by atoms with E-state index in [0.717, 1.165) is 48.6 Å². The number of nitrogens with zero attached hydrogens (tertiary/aromatic N) is 4. The molecule has 1 aliphatic heterocycles. The number of hydrogen-bond donors (Lipinski definition) is 0. The summed E-state index contributed by atoms with van der Waals surface area (Å²) in [6.45, 7) is 8.17. The molecule has 0 radical (unpaired) electrons. The maximum Gasteiger partial charge on any atom is 0.350 e. The third-order valence-corrected chi connectivity index (χ3v) is 6.49. The van der Waals surface area contributed by atoms with E-state index >= 15 is 4.39 Å². The van der Waals surface area contributed by atoms with Crippen LogP contribution in [0, 0.1) is 28.9 Å². The van der Waals surface area contributed by atoms with Crippen LogP contribution in [0.2, 0.25) is 0 Å². The lowest BCUT2D eigenvalue weighted by Crippen LogP contribution is -2.38. The van der Waals surface area contributed by atoms with Crippen molar-refractivity contribution in [1.29, 1.82) is 0 Å². The molecule has 1 aromatic carbocycles. The topological polar surface area (TPSA) is 51.0 Å². The fourth-order valence-corrected chi connectivity index (χ4v) is 4.45. The van der Waals surface area contributed by atoms with Crippen molar-refractivity contribution < 1.29 is 8.78 Å². The highest BCUT2D eigenvalue weighted by atomic mass is 19.2. The molecule has 1 saturated carbocycles. The summed E-state index contributed by atoms with van der Waals surface area (Å²) in [7, 11) is 0. The number of fused-ring (bicyclic) bond motifs is 2. The number of benzene rings is 1. The van der Waals surface area contributed by atoms with Crippen molar-refractivity contribution in [2.24, 2.45) is 5.41 Å². The molecule has 33 heavy (non-hydrogen) atoms. The van der Waals surface area contributed by atoms with Gasteiger partial charge in [0.2, 0.25) is 0 Å². The van der Waals surface area contributed by atoms with Crippen LogP contribution in [0.1, 0.15) is 58.1 Å². The lowest BCUT2D eigenvalue weighted by atomic mass is 9.97. The second-order valence-corrected chi connectivity index (χ2v) is 10.2. The smallest absolute Gasteiger partial charge is 0.324 e. The van der Waals surface area contributed by atoms with E-state index in [4.69, 9.17) is 0 Å². The normalized spacial score (nSPS) is 16.8. The zero-order valence-corrected chi connectivity index (χ0v) is 19.3. The molecule has 0 amide bonds. The maximum absolute atomic E-state index is 15.2. The van der Waals surface area contributed by atoms with Gasteiger partial charge in [0.25, 0.3) is 0 Å². The highest BCUT2D eigenvalue weighted by molar-refractivity contribution is 5.93. The molecule has 0 saturated heterocycles. The van der Waals surface area contributed by atoms with Crippen molar-refractivity contribution in [3.8, 4) is 11.8 Å². The quantitative estimate of drug-likeness (QED) is 0.489. The molecule has 0 spiro atoms. The van der Waals surface area contributed by atoms with Crippen LogP contribution in [0.25, 0.3) is 10.9 Å². The van der Waals surface area contributed by atoms with Crippen LogP contribution in [-0.4, -0.2) is 21.1 Å². The average Bonchev–Trinajstić information content (AvgIpc) is 3.50. The number of hydrogen-bond acceptors (Lipinski definition) is 4. The molecule has 2 aliphatic rings. The van der Waals surface area contributed by atoms with Crippen molar-refractivity contribution in [1.82, 2.24) is 14.5 Å². The molecule has 3 aromatic rings. The van der Waals surface area contributed by atoms with Gasteiger partial charge in [-0.05, 0) is 71.1 Å². The van der Waals surface area contributed by atoms with Crippen LogP contribution in [0.5, 0.6) is 0 Å². The predicted molar refractivity (Wildman–Crippen MR) is 125 cm³/mol. The summed E-state index contributed by atoms with van der Waals surface area (Å²) in [4.78, 5) is 23.5. The Labute approximate surface area is 191 Å². The van der Waals surface area contributed by atoms with Gasteiger partial charge in [0.1, 0.15) is 0 Å². The lowest BCUT2D eigenvalue weighted by molar-refractivity contribution is 0.391. The van der Waals surface area contributed by atoms with Gasteiger partial charge in [0.15, 0.2) is 17.5 Å². The minimum absolute atomic E-state index is 0.000598. The van der Waals surface area contributed by atoms with Crippen LogP contribution < -0.4 is 10.6 Å². The highest BCUT2D eigenvalue weighted by Crippen LogP contribution is 2.44. The first-order valence-corrected chi connectivity index (χ1v) is 11.3. The summed E-state index contributed by atoms with van der Waals surface area (Å²) >= 11 is 0. The van der Waals surface area contributed by atoms with Crippen molar-refractivity contribution in [3.05, 3.63) is 57.8 Å². The van der Waals surface area contributed by atoms with Gasteiger partial charge in [-0.2, -0.15) is 4.98 Å². The zero-order chi connectivity index (χ0) is 23.5. The number of anilines is 2. The lowest BCUT2D eigenvalue weighted by Gasteiger charge is -2.32. The SMILES string of the molecule is CC1(C#Cc2cncc3c2CCCN3c2nc(=O)n(C(C)(C)C)c3ccc(F)c(F)c23)CC1. The Bertz CT molecular complexity index is 1400. The Balaban J connectivity index is 1.75. The number of aromatic nitrogens is 3. The van der Waals surface area contributed by atoms with Gasteiger partial charge in [-0.25, -0.2) is 13.6 Å². The maximum atomic E-state index is 15.2. The summed E-state index contributed by atoms with van der Waals surface area (Å²) in [5, 5.41) is -0.000598. The Hall–Kier alpha value is -3.27. The third-order valence-electron chi connectivity index (χ3n) is 6.49. The molecule has 0 bridgehead atoms. The Morgan fingerprint density at radius 3 is 2.61 bits per heavy atom. The van der Waals surface area contributed by atoms with E-state index in [-0.39, 0.29) is 16.6 Å². The zero-order valence-electron chi connectivity index (χ0n) is 19.3. The Morgan fingerprint density at radius 1 is 1.15 bits per heavy atom. The van der Waals surface area contributed by atoms with Crippen LogP contribution in [0.3, 0.4) is 0 Å². The van der Waals surface area contributed by atoms with Gasteiger partial charge in [0, 0.05) is 29.3 Å². The first-order valence-electron chi connectivity index (χ1n) is 11.3. The van der Waals surface area contributed by atoms with Gasteiger partial charge in [-0.3, -0.25) is 9.55 Å². The molecule has 5 rings (SSSR count). The van der Waals surface area contributed by atoms with Crippen LogP contribution in [0.15, 0.2) is 29.3 Å². The largest absolute Gasteiger partial charge is 0.350 e. The second-order valence-electron chi connectivity index (χ2n) is 10.2. The molecule has 7 heteroatoms. The standard InChI is InChI=1S/C26H26F2N4O/c1-25(2,3)32-19-8-7-18(27)22(28)21(19)23(30-24(32)33)31-13-5-6-17-16(14-29-15-20(17)31)9-10-26(4)11-12-26/h7-8,14-15H,5-6,11-13H2,1-4H3. The fraction of sp³-hybridized carbons (Fsp3) is 0.423. The van der Waals surface area contributed by atoms with E-state index in [2.05, 4.69) is 28.7 Å². The molecule has 170 valence electrons. The van der Waals surface area contributed by atoms with E-state index < -0.39 is 22.9 Å². The van der Waals surface area contributed by atoms with Crippen molar-refractivity contribution in [2.45, 2.75) is 58.9 Å². The average molecular weight is 449 g/mol. The monoisotopic (exact) mass is 448 g/mol. The first kappa shape index (κ1) is 21.6. The van der Waals surface area contributed by atoms with Crippen LogP contribution >= 0.6 is 0 Å². The van der Waals surface area contributed by atoms with Gasteiger partial charge in [-0.15, -0.1) is 0 Å². The van der Waals surface area contributed by atoms with Crippen molar-refractivity contribution in [3.63, 3.8) is 0 Å². The highest BCUT2D eigenvalue weighted by Gasteiger charge is 2.35. The molecule has 0 atom stereocenters. The Kier molecular flexibility index (Phi) is 4.82. The molecular formula is C26H26F2N4O. The van der Waals surface area contributed by atoms with Crippen LogP contribution in [0.4, 0.5) is 20.3 Å². The number of rotatable bonds is 1. The minimum atomic E-state index is -1.01.